The summed E-state index contributed by atoms with van der Waals surface area (Å²) in [5.74, 6) is -0.179. The minimum absolute atomic E-state index is 0.168. The Hall–Kier alpha value is -2.93. The first-order chi connectivity index (χ1) is 13.9. The van der Waals surface area contributed by atoms with Crippen molar-refractivity contribution in [1.82, 2.24) is 9.55 Å². The van der Waals surface area contributed by atoms with Gasteiger partial charge in [0.2, 0.25) is 0 Å². The molecule has 0 aliphatic carbocycles. The Labute approximate surface area is 168 Å². The molecule has 0 unspecified atom stereocenters. The molecule has 1 aromatic carbocycles. The molecule has 29 heavy (non-hydrogen) atoms. The number of anilines is 3. The van der Waals surface area contributed by atoms with Gasteiger partial charge in [0.05, 0.1) is 11.6 Å². The number of pyridine rings is 2. The van der Waals surface area contributed by atoms with E-state index >= 15 is 0 Å². The summed E-state index contributed by atoms with van der Waals surface area (Å²) in [6.45, 7) is 5.41. The first-order valence-corrected chi connectivity index (χ1v) is 9.93. The summed E-state index contributed by atoms with van der Waals surface area (Å²) in [7, 11) is 0. The molecule has 0 amide bonds. The summed E-state index contributed by atoms with van der Waals surface area (Å²) in [5.41, 5.74) is 2.02. The molecule has 3 heterocycles. The lowest BCUT2D eigenvalue weighted by atomic mass is 10.1. The summed E-state index contributed by atoms with van der Waals surface area (Å²) in [6, 6.07) is 10.9. The molecular formula is C22H25FN4O2. The van der Waals surface area contributed by atoms with E-state index in [1.54, 1.807) is 12.3 Å². The maximum atomic E-state index is 13.9. The van der Waals surface area contributed by atoms with Gasteiger partial charge in [0, 0.05) is 48.2 Å². The zero-order valence-electron chi connectivity index (χ0n) is 16.6. The number of rotatable bonds is 4. The smallest absolute Gasteiger partial charge is 0.287 e. The third-order valence-electron chi connectivity index (χ3n) is 5.36. The molecular weight excluding hydrogens is 371 g/mol. The number of aromatic nitrogens is 2. The van der Waals surface area contributed by atoms with E-state index in [2.05, 4.69) is 15.2 Å². The van der Waals surface area contributed by atoms with E-state index in [-0.39, 0.29) is 12.1 Å². The van der Waals surface area contributed by atoms with Crippen molar-refractivity contribution in [2.24, 2.45) is 0 Å². The normalized spacial score (nSPS) is 15.3. The summed E-state index contributed by atoms with van der Waals surface area (Å²) in [6.07, 6.45) is 2.97. The van der Waals surface area contributed by atoms with Crippen molar-refractivity contribution in [3.63, 3.8) is 0 Å². The van der Waals surface area contributed by atoms with Crippen LogP contribution in [0.25, 0.3) is 10.9 Å². The van der Waals surface area contributed by atoms with E-state index < -0.39 is 11.4 Å². The predicted octanol–water partition coefficient (Wildman–Crippen LogP) is 3.82. The standard InChI is InChI=1S/C22H25FN4O2/c1-14(2)27-20-12-21(24-13-15(20)11-19(23)22(27)29)25-16-3-5-17(6-4-16)26-9-7-18(28)8-10-26/h3-6,11-14,18,28H,7-10H2,1-2H3,(H,24,25). The molecule has 6 nitrogen and oxygen atoms in total. The molecule has 152 valence electrons. The molecule has 7 heteroatoms. The van der Waals surface area contributed by atoms with Crippen molar-refractivity contribution in [2.45, 2.75) is 38.8 Å². The molecule has 2 N–H and O–H groups in total. The molecule has 1 aliphatic heterocycles. The molecule has 3 aromatic rings. The van der Waals surface area contributed by atoms with Crippen molar-refractivity contribution >= 4 is 28.1 Å². The van der Waals surface area contributed by atoms with Crippen molar-refractivity contribution in [3.05, 3.63) is 58.8 Å². The molecule has 1 aliphatic rings. The van der Waals surface area contributed by atoms with E-state index in [0.717, 1.165) is 37.3 Å². The molecule has 0 spiro atoms. The second kappa shape index (κ2) is 7.83. The van der Waals surface area contributed by atoms with E-state index in [9.17, 15) is 14.3 Å². The molecule has 0 atom stereocenters. The van der Waals surface area contributed by atoms with Gasteiger partial charge in [0.25, 0.3) is 5.56 Å². The third-order valence-corrected chi connectivity index (χ3v) is 5.36. The van der Waals surface area contributed by atoms with Gasteiger partial charge in [0.15, 0.2) is 5.82 Å². The Balaban J connectivity index is 1.58. The third kappa shape index (κ3) is 3.96. The minimum atomic E-state index is -0.769. The van der Waals surface area contributed by atoms with Crippen LogP contribution in [0.2, 0.25) is 0 Å². The van der Waals surface area contributed by atoms with Crippen molar-refractivity contribution in [1.29, 1.82) is 0 Å². The quantitative estimate of drug-likeness (QED) is 0.702. The van der Waals surface area contributed by atoms with Crippen molar-refractivity contribution in [2.75, 3.05) is 23.3 Å². The van der Waals surface area contributed by atoms with Crippen LogP contribution in [0.1, 0.15) is 32.7 Å². The fourth-order valence-corrected chi connectivity index (χ4v) is 3.81. The number of nitrogens with one attached hydrogen (secondary N) is 1. The van der Waals surface area contributed by atoms with Crippen molar-refractivity contribution in [3.8, 4) is 0 Å². The average Bonchev–Trinajstić information content (AvgIpc) is 2.70. The number of nitrogens with zero attached hydrogens (tertiary/aromatic N) is 3. The second-order valence-electron chi connectivity index (χ2n) is 7.78. The van der Waals surface area contributed by atoms with Crippen LogP contribution >= 0.6 is 0 Å². The van der Waals surface area contributed by atoms with E-state index in [1.165, 1.54) is 10.6 Å². The molecule has 4 rings (SSSR count). The molecule has 1 fully saturated rings. The lowest BCUT2D eigenvalue weighted by Crippen LogP contribution is -2.35. The maximum Gasteiger partial charge on any atom is 0.287 e. The summed E-state index contributed by atoms with van der Waals surface area (Å²) >= 11 is 0. The van der Waals surface area contributed by atoms with E-state index in [0.29, 0.717) is 16.7 Å². The van der Waals surface area contributed by atoms with Crippen LogP contribution < -0.4 is 15.8 Å². The molecule has 0 radical (unpaired) electrons. The highest BCUT2D eigenvalue weighted by molar-refractivity contribution is 5.81. The molecule has 0 bridgehead atoms. The van der Waals surface area contributed by atoms with E-state index in [1.807, 2.05) is 38.1 Å². The van der Waals surface area contributed by atoms with Gasteiger partial charge in [-0.05, 0) is 57.0 Å². The fraction of sp³-hybridized carbons (Fsp3) is 0.364. The van der Waals surface area contributed by atoms with Crippen LogP contribution in [-0.2, 0) is 0 Å². The highest BCUT2D eigenvalue weighted by atomic mass is 19.1. The van der Waals surface area contributed by atoms with Crippen LogP contribution in [0.4, 0.5) is 21.6 Å². The number of fused-ring (bicyclic) bond motifs is 1. The van der Waals surface area contributed by atoms with Gasteiger partial charge in [-0.3, -0.25) is 4.79 Å². The SMILES string of the molecule is CC(C)n1c(=O)c(F)cc2cnc(Nc3ccc(N4CCC(O)CC4)cc3)cc21. The Morgan fingerprint density at radius 3 is 2.52 bits per heavy atom. The number of hydrogen-bond donors (Lipinski definition) is 2. The Morgan fingerprint density at radius 1 is 1.17 bits per heavy atom. The van der Waals surface area contributed by atoms with Gasteiger partial charge in [-0.15, -0.1) is 0 Å². The van der Waals surface area contributed by atoms with E-state index in [4.69, 9.17) is 0 Å². The second-order valence-corrected chi connectivity index (χ2v) is 7.78. The number of piperidine rings is 1. The number of benzene rings is 1. The Kier molecular flexibility index (Phi) is 5.24. The largest absolute Gasteiger partial charge is 0.393 e. The van der Waals surface area contributed by atoms with Gasteiger partial charge < -0.3 is 19.9 Å². The lowest BCUT2D eigenvalue weighted by molar-refractivity contribution is 0.145. The zero-order valence-corrected chi connectivity index (χ0v) is 16.6. The summed E-state index contributed by atoms with van der Waals surface area (Å²) in [5, 5.41) is 13.5. The number of aliphatic hydroxyl groups excluding tert-OH is 1. The molecule has 1 saturated heterocycles. The summed E-state index contributed by atoms with van der Waals surface area (Å²) in [4.78, 5) is 18.9. The van der Waals surface area contributed by atoms with Crippen LogP contribution in [0.3, 0.4) is 0 Å². The average molecular weight is 396 g/mol. The van der Waals surface area contributed by atoms with Gasteiger partial charge >= 0.3 is 0 Å². The van der Waals surface area contributed by atoms with Crippen molar-refractivity contribution < 1.29 is 9.50 Å². The van der Waals surface area contributed by atoms with Crippen LogP contribution in [0.5, 0.6) is 0 Å². The predicted molar refractivity (Wildman–Crippen MR) is 114 cm³/mol. The maximum absolute atomic E-state index is 13.9. The Morgan fingerprint density at radius 2 is 1.86 bits per heavy atom. The van der Waals surface area contributed by atoms with Gasteiger partial charge in [-0.25, -0.2) is 9.37 Å². The molecule has 0 saturated carbocycles. The zero-order chi connectivity index (χ0) is 20.5. The number of halogens is 1. The van der Waals surface area contributed by atoms with Gasteiger partial charge in [-0.1, -0.05) is 0 Å². The fourth-order valence-electron chi connectivity index (χ4n) is 3.81. The van der Waals surface area contributed by atoms with Crippen LogP contribution in [0, 0.1) is 5.82 Å². The van der Waals surface area contributed by atoms with Gasteiger partial charge in [0.1, 0.15) is 5.82 Å². The monoisotopic (exact) mass is 396 g/mol. The lowest BCUT2D eigenvalue weighted by Gasteiger charge is -2.31. The minimum Gasteiger partial charge on any atom is -0.393 e. The summed E-state index contributed by atoms with van der Waals surface area (Å²) < 4.78 is 15.4. The highest BCUT2D eigenvalue weighted by Crippen LogP contribution is 2.25. The molecule has 2 aromatic heterocycles. The first-order valence-electron chi connectivity index (χ1n) is 9.93. The Bertz CT molecular complexity index is 1070. The topological polar surface area (TPSA) is 70.4 Å². The first kappa shape index (κ1) is 19.4. The highest BCUT2D eigenvalue weighted by Gasteiger charge is 2.17. The number of hydrogen-bond acceptors (Lipinski definition) is 5. The number of aliphatic hydroxyl groups is 1. The van der Waals surface area contributed by atoms with Crippen LogP contribution in [0.15, 0.2) is 47.4 Å². The van der Waals surface area contributed by atoms with Crippen LogP contribution in [-0.4, -0.2) is 33.9 Å². The van der Waals surface area contributed by atoms with Gasteiger partial charge in [-0.2, -0.15) is 0 Å².